The SMILES string of the molecule is CCN(C(=O)c1noc(C)n1)C1CCNCC1. The second kappa shape index (κ2) is 5.27. The van der Waals surface area contributed by atoms with Crippen molar-refractivity contribution in [2.45, 2.75) is 32.7 Å². The number of hydrogen-bond acceptors (Lipinski definition) is 5. The summed E-state index contributed by atoms with van der Waals surface area (Å²) in [5.74, 6) is 0.467. The second-order valence-corrected chi connectivity index (χ2v) is 4.21. The van der Waals surface area contributed by atoms with Crippen LogP contribution in [-0.2, 0) is 0 Å². The van der Waals surface area contributed by atoms with Gasteiger partial charge in [0.2, 0.25) is 5.89 Å². The lowest BCUT2D eigenvalue weighted by Gasteiger charge is -2.33. The highest BCUT2D eigenvalue weighted by molar-refractivity contribution is 5.90. The average Bonchev–Trinajstić information content (AvgIpc) is 2.78. The van der Waals surface area contributed by atoms with E-state index in [0.717, 1.165) is 25.9 Å². The van der Waals surface area contributed by atoms with E-state index in [0.29, 0.717) is 12.4 Å². The van der Waals surface area contributed by atoms with Gasteiger partial charge in [-0.3, -0.25) is 4.79 Å². The van der Waals surface area contributed by atoms with E-state index in [-0.39, 0.29) is 17.8 Å². The number of aromatic nitrogens is 2. The molecule has 2 heterocycles. The highest BCUT2D eigenvalue weighted by atomic mass is 16.5. The van der Waals surface area contributed by atoms with Gasteiger partial charge in [0.15, 0.2) is 0 Å². The lowest BCUT2D eigenvalue weighted by molar-refractivity contribution is 0.0640. The van der Waals surface area contributed by atoms with Crippen LogP contribution in [0.2, 0.25) is 0 Å². The first-order valence-electron chi connectivity index (χ1n) is 6.04. The molecule has 1 aromatic heterocycles. The number of hydrogen-bond donors (Lipinski definition) is 1. The van der Waals surface area contributed by atoms with Crippen molar-refractivity contribution >= 4 is 5.91 Å². The van der Waals surface area contributed by atoms with Gasteiger partial charge < -0.3 is 14.7 Å². The van der Waals surface area contributed by atoms with Gasteiger partial charge in [0, 0.05) is 19.5 Å². The van der Waals surface area contributed by atoms with Crippen LogP contribution in [0.1, 0.15) is 36.3 Å². The normalized spacial score (nSPS) is 17.1. The van der Waals surface area contributed by atoms with Crippen LogP contribution in [0.25, 0.3) is 0 Å². The first-order valence-corrected chi connectivity index (χ1v) is 6.04. The zero-order valence-electron chi connectivity index (χ0n) is 10.3. The van der Waals surface area contributed by atoms with E-state index in [1.54, 1.807) is 6.92 Å². The predicted octanol–water partition coefficient (Wildman–Crippen LogP) is 0.592. The summed E-state index contributed by atoms with van der Waals surface area (Å²) in [6, 6.07) is 0.285. The minimum absolute atomic E-state index is 0.128. The van der Waals surface area contributed by atoms with Crippen molar-refractivity contribution in [2.75, 3.05) is 19.6 Å². The average molecular weight is 238 g/mol. The predicted molar refractivity (Wildman–Crippen MR) is 61.6 cm³/mol. The molecule has 1 aromatic rings. The van der Waals surface area contributed by atoms with Crippen LogP contribution in [0.5, 0.6) is 0 Å². The number of rotatable bonds is 3. The number of aryl methyl sites for hydroxylation is 1. The van der Waals surface area contributed by atoms with Crippen LogP contribution in [0.4, 0.5) is 0 Å². The number of carbonyl (C=O) groups is 1. The van der Waals surface area contributed by atoms with Crippen molar-refractivity contribution in [2.24, 2.45) is 0 Å². The van der Waals surface area contributed by atoms with Gasteiger partial charge in [-0.1, -0.05) is 5.16 Å². The Kier molecular flexibility index (Phi) is 3.73. The molecule has 0 saturated carbocycles. The third kappa shape index (κ3) is 2.63. The third-order valence-corrected chi connectivity index (χ3v) is 3.07. The Morgan fingerprint density at radius 2 is 2.24 bits per heavy atom. The molecule has 1 saturated heterocycles. The molecule has 0 radical (unpaired) electrons. The molecule has 94 valence electrons. The summed E-state index contributed by atoms with van der Waals surface area (Å²) in [5, 5.41) is 6.98. The molecule has 0 aromatic carbocycles. The van der Waals surface area contributed by atoms with Crippen molar-refractivity contribution in [1.82, 2.24) is 20.4 Å². The molecule has 1 N–H and O–H groups in total. The Balaban J connectivity index is 2.09. The van der Waals surface area contributed by atoms with Crippen LogP contribution in [0.3, 0.4) is 0 Å². The molecule has 6 nitrogen and oxygen atoms in total. The molecule has 6 heteroatoms. The van der Waals surface area contributed by atoms with Crippen LogP contribution >= 0.6 is 0 Å². The molecule has 0 bridgehead atoms. The summed E-state index contributed by atoms with van der Waals surface area (Å²) in [7, 11) is 0. The smallest absolute Gasteiger partial charge is 0.295 e. The van der Waals surface area contributed by atoms with E-state index in [4.69, 9.17) is 4.52 Å². The summed E-state index contributed by atoms with van der Waals surface area (Å²) in [4.78, 5) is 18.0. The highest BCUT2D eigenvalue weighted by Crippen LogP contribution is 2.14. The number of nitrogens with zero attached hydrogens (tertiary/aromatic N) is 3. The van der Waals surface area contributed by atoms with Gasteiger partial charge in [-0.25, -0.2) is 0 Å². The number of carbonyl (C=O) groups excluding carboxylic acids is 1. The Bertz CT molecular complexity index is 385. The van der Waals surface area contributed by atoms with Crippen LogP contribution in [0.15, 0.2) is 4.52 Å². The Morgan fingerprint density at radius 3 is 2.76 bits per heavy atom. The van der Waals surface area contributed by atoms with Gasteiger partial charge in [0.05, 0.1) is 0 Å². The number of nitrogens with one attached hydrogen (secondary N) is 1. The van der Waals surface area contributed by atoms with Crippen molar-refractivity contribution in [1.29, 1.82) is 0 Å². The first kappa shape index (κ1) is 12.0. The van der Waals surface area contributed by atoms with Gasteiger partial charge in [0.25, 0.3) is 11.7 Å². The van der Waals surface area contributed by atoms with Gasteiger partial charge in [-0.2, -0.15) is 4.98 Å². The fourth-order valence-corrected chi connectivity index (χ4v) is 2.20. The quantitative estimate of drug-likeness (QED) is 0.834. The van der Waals surface area contributed by atoms with Gasteiger partial charge in [-0.15, -0.1) is 0 Å². The maximum Gasteiger partial charge on any atom is 0.295 e. The molecule has 17 heavy (non-hydrogen) atoms. The highest BCUT2D eigenvalue weighted by Gasteiger charge is 2.27. The van der Waals surface area contributed by atoms with Crippen LogP contribution in [-0.4, -0.2) is 46.6 Å². The molecule has 1 amide bonds. The summed E-state index contributed by atoms with van der Waals surface area (Å²) in [5.41, 5.74) is 0. The van der Waals surface area contributed by atoms with Crippen molar-refractivity contribution in [3.05, 3.63) is 11.7 Å². The molecule has 0 atom stereocenters. The number of piperidine rings is 1. The van der Waals surface area contributed by atoms with Gasteiger partial charge in [0.1, 0.15) is 0 Å². The zero-order valence-corrected chi connectivity index (χ0v) is 10.3. The van der Waals surface area contributed by atoms with E-state index >= 15 is 0 Å². The molecule has 1 aliphatic heterocycles. The summed E-state index contributed by atoms with van der Waals surface area (Å²) >= 11 is 0. The molecular formula is C11H18N4O2. The first-order chi connectivity index (χ1) is 8.22. The molecule has 0 aliphatic carbocycles. The number of amides is 1. The lowest BCUT2D eigenvalue weighted by atomic mass is 10.0. The molecular weight excluding hydrogens is 220 g/mol. The van der Waals surface area contributed by atoms with E-state index in [1.807, 2.05) is 11.8 Å². The van der Waals surface area contributed by atoms with Gasteiger partial charge in [-0.05, 0) is 32.9 Å². The minimum atomic E-state index is -0.128. The molecule has 0 unspecified atom stereocenters. The topological polar surface area (TPSA) is 71.3 Å². The standard InChI is InChI=1S/C11H18N4O2/c1-3-15(9-4-6-12-7-5-9)11(16)10-13-8(2)17-14-10/h9,12H,3-7H2,1-2H3. The molecule has 2 rings (SSSR count). The largest absolute Gasteiger partial charge is 0.339 e. The second-order valence-electron chi connectivity index (χ2n) is 4.21. The van der Waals surface area contributed by atoms with Crippen molar-refractivity contribution in [3.8, 4) is 0 Å². The fourth-order valence-electron chi connectivity index (χ4n) is 2.20. The summed E-state index contributed by atoms with van der Waals surface area (Å²) in [6.07, 6.45) is 1.97. The summed E-state index contributed by atoms with van der Waals surface area (Å²) < 4.78 is 4.85. The van der Waals surface area contributed by atoms with Gasteiger partial charge >= 0.3 is 0 Å². The van der Waals surface area contributed by atoms with Crippen LogP contribution in [0, 0.1) is 6.92 Å². The Hall–Kier alpha value is -1.43. The third-order valence-electron chi connectivity index (χ3n) is 3.07. The summed E-state index contributed by atoms with van der Waals surface area (Å²) in [6.45, 7) is 6.26. The van der Waals surface area contributed by atoms with E-state index in [2.05, 4.69) is 15.5 Å². The maximum absolute atomic E-state index is 12.2. The van der Waals surface area contributed by atoms with Crippen molar-refractivity contribution < 1.29 is 9.32 Å². The minimum Gasteiger partial charge on any atom is -0.339 e. The van der Waals surface area contributed by atoms with Crippen LogP contribution < -0.4 is 5.32 Å². The lowest BCUT2D eigenvalue weighted by Crippen LogP contribution is -2.46. The fraction of sp³-hybridized carbons (Fsp3) is 0.727. The Morgan fingerprint density at radius 1 is 1.53 bits per heavy atom. The molecule has 0 spiro atoms. The zero-order chi connectivity index (χ0) is 12.3. The van der Waals surface area contributed by atoms with E-state index in [9.17, 15) is 4.79 Å². The maximum atomic E-state index is 12.2. The molecule has 1 aliphatic rings. The molecule has 1 fully saturated rings. The monoisotopic (exact) mass is 238 g/mol. The van der Waals surface area contributed by atoms with E-state index in [1.165, 1.54) is 0 Å². The van der Waals surface area contributed by atoms with Crippen molar-refractivity contribution in [3.63, 3.8) is 0 Å². The van der Waals surface area contributed by atoms with E-state index < -0.39 is 0 Å². The Labute approximate surface area is 100 Å².